The average molecular weight is 419 g/mol. The zero-order valence-corrected chi connectivity index (χ0v) is 17.2. The summed E-state index contributed by atoms with van der Waals surface area (Å²) >= 11 is 6.18. The van der Waals surface area contributed by atoms with E-state index >= 15 is 0 Å². The lowest BCUT2D eigenvalue weighted by atomic mass is 10.1. The van der Waals surface area contributed by atoms with E-state index in [2.05, 4.69) is 20.6 Å². The lowest BCUT2D eigenvalue weighted by molar-refractivity contribution is -0.114. The molecule has 0 saturated heterocycles. The predicted molar refractivity (Wildman–Crippen MR) is 120 cm³/mol. The van der Waals surface area contributed by atoms with Crippen LogP contribution in [0.3, 0.4) is 0 Å². The van der Waals surface area contributed by atoms with Crippen molar-refractivity contribution in [3.8, 4) is 11.4 Å². The Hall–Kier alpha value is -3.64. The van der Waals surface area contributed by atoms with Gasteiger partial charge in [-0.2, -0.15) is 0 Å². The van der Waals surface area contributed by atoms with E-state index in [0.717, 1.165) is 22.2 Å². The molecule has 0 atom stereocenters. The number of carbonyl (C=O) groups is 2. The second kappa shape index (κ2) is 8.00. The number of aryl methyl sites for hydroxylation is 1. The highest BCUT2D eigenvalue weighted by atomic mass is 35.5. The number of hydrogen-bond donors (Lipinski definition) is 3. The van der Waals surface area contributed by atoms with Crippen molar-refractivity contribution >= 4 is 45.8 Å². The van der Waals surface area contributed by atoms with Crippen LogP contribution in [0.2, 0.25) is 5.02 Å². The highest BCUT2D eigenvalue weighted by Crippen LogP contribution is 2.25. The van der Waals surface area contributed by atoms with Gasteiger partial charge in [-0.05, 0) is 67.1 Å². The maximum atomic E-state index is 12.5. The molecule has 4 rings (SSSR count). The molecule has 1 aromatic heterocycles. The first-order valence-electron chi connectivity index (χ1n) is 9.34. The highest BCUT2D eigenvalue weighted by Gasteiger charge is 2.11. The van der Waals surface area contributed by atoms with Gasteiger partial charge in [-0.15, -0.1) is 0 Å². The van der Waals surface area contributed by atoms with Crippen LogP contribution in [0.15, 0.2) is 60.7 Å². The van der Waals surface area contributed by atoms with E-state index < -0.39 is 0 Å². The SMILES string of the molecule is CC(=O)Nc1ccc2nc(-c3ccc(NC(=O)c4ccc(C)cc4Cl)cc3)[nH]c2c1. The summed E-state index contributed by atoms with van der Waals surface area (Å²) in [5, 5.41) is 6.03. The number of imidazole rings is 1. The minimum absolute atomic E-state index is 0.126. The van der Waals surface area contributed by atoms with Crippen LogP contribution in [0.5, 0.6) is 0 Å². The molecule has 1 heterocycles. The Morgan fingerprint density at radius 3 is 2.37 bits per heavy atom. The minimum atomic E-state index is -0.262. The Balaban J connectivity index is 1.53. The van der Waals surface area contributed by atoms with Gasteiger partial charge in [0, 0.05) is 23.9 Å². The van der Waals surface area contributed by atoms with Gasteiger partial charge in [0.2, 0.25) is 5.91 Å². The quantitative estimate of drug-likeness (QED) is 0.414. The number of anilines is 2. The van der Waals surface area contributed by atoms with Crippen molar-refractivity contribution in [3.05, 3.63) is 76.8 Å². The lowest BCUT2D eigenvalue weighted by Crippen LogP contribution is -2.12. The molecule has 3 aromatic carbocycles. The number of hydrogen-bond acceptors (Lipinski definition) is 3. The Kier molecular flexibility index (Phi) is 5.25. The topological polar surface area (TPSA) is 86.9 Å². The molecule has 30 heavy (non-hydrogen) atoms. The standard InChI is InChI=1S/C23H19ClN4O2/c1-13-3-9-18(19(24)11-13)23(30)26-16-6-4-15(5-7-16)22-27-20-10-8-17(25-14(2)29)12-21(20)28-22/h3-12H,1-2H3,(H,25,29)(H,26,30)(H,27,28). The van der Waals surface area contributed by atoms with Crippen molar-refractivity contribution in [3.63, 3.8) is 0 Å². The van der Waals surface area contributed by atoms with E-state index in [1.807, 2.05) is 55.5 Å². The third kappa shape index (κ3) is 4.18. The van der Waals surface area contributed by atoms with Crippen molar-refractivity contribution in [1.29, 1.82) is 0 Å². The fourth-order valence-electron chi connectivity index (χ4n) is 3.14. The van der Waals surface area contributed by atoms with Gasteiger partial charge >= 0.3 is 0 Å². The summed E-state index contributed by atoms with van der Waals surface area (Å²) in [5.41, 5.74) is 5.28. The Morgan fingerprint density at radius 1 is 0.933 bits per heavy atom. The molecule has 0 aliphatic heterocycles. The Bertz CT molecular complexity index is 1260. The first kappa shape index (κ1) is 19.7. The number of H-pyrrole nitrogens is 1. The Morgan fingerprint density at radius 2 is 1.67 bits per heavy atom. The van der Waals surface area contributed by atoms with Crippen molar-refractivity contribution < 1.29 is 9.59 Å². The lowest BCUT2D eigenvalue weighted by Gasteiger charge is -2.08. The third-order valence-electron chi connectivity index (χ3n) is 4.59. The number of halogens is 1. The van der Waals surface area contributed by atoms with E-state index in [1.54, 1.807) is 12.1 Å². The molecular formula is C23H19ClN4O2. The summed E-state index contributed by atoms with van der Waals surface area (Å²) in [4.78, 5) is 31.6. The summed E-state index contributed by atoms with van der Waals surface area (Å²) in [6.07, 6.45) is 0. The van der Waals surface area contributed by atoms with Gasteiger partial charge in [-0.3, -0.25) is 9.59 Å². The van der Waals surface area contributed by atoms with E-state index in [1.165, 1.54) is 6.92 Å². The second-order valence-corrected chi connectivity index (χ2v) is 7.42. The van der Waals surface area contributed by atoms with Gasteiger partial charge in [0.15, 0.2) is 0 Å². The summed E-state index contributed by atoms with van der Waals surface area (Å²) in [6.45, 7) is 3.39. The van der Waals surface area contributed by atoms with Gasteiger partial charge < -0.3 is 15.6 Å². The number of aromatic amines is 1. The van der Waals surface area contributed by atoms with Gasteiger partial charge in [0.05, 0.1) is 21.6 Å². The van der Waals surface area contributed by atoms with Crippen molar-refractivity contribution in [2.45, 2.75) is 13.8 Å². The van der Waals surface area contributed by atoms with Crippen LogP contribution in [-0.2, 0) is 4.79 Å². The monoisotopic (exact) mass is 418 g/mol. The average Bonchev–Trinajstić information content (AvgIpc) is 3.11. The van der Waals surface area contributed by atoms with E-state index in [0.29, 0.717) is 27.8 Å². The molecule has 0 spiro atoms. The van der Waals surface area contributed by atoms with Gasteiger partial charge in [-0.25, -0.2) is 4.98 Å². The molecule has 0 radical (unpaired) electrons. The number of nitrogens with zero attached hydrogens (tertiary/aromatic N) is 1. The zero-order valence-electron chi connectivity index (χ0n) is 16.4. The minimum Gasteiger partial charge on any atom is -0.338 e. The largest absolute Gasteiger partial charge is 0.338 e. The van der Waals surface area contributed by atoms with Crippen LogP contribution < -0.4 is 10.6 Å². The molecule has 0 unspecified atom stereocenters. The normalized spacial score (nSPS) is 10.8. The maximum Gasteiger partial charge on any atom is 0.257 e. The van der Waals surface area contributed by atoms with E-state index in [-0.39, 0.29) is 11.8 Å². The van der Waals surface area contributed by atoms with Crippen LogP contribution in [0, 0.1) is 6.92 Å². The number of aromatic nitrogens is 2. The second-order valence-electron chi connectivity index (χ2n) is 7.01. The Labute approximate surface area is 178 Å². The fraction of sp³-hybridized carbons (Fsp3) is 0.0870. The van der Waals surface area contributed by atoms with Gasteiger partial charge in [0.1, 0.15) is 5.82 Å². The molecule has 150 valence electrons. The molecule has 7 heteroatoms. The number of nitrogens with one attached hydrogen (secondary N) is 3. The smallest absolute Gasteiger partial charge is 0.257 e. The van der Waals surface area contributed by atoms with E-state index in [9.17, 15) is 9.59 Å². The number of benzene rings is 3. The molecule has 0 bridgehead atoms. The molecule has 2 amide bonds. The van der Waals surface area contributed by atoms with Gasteiger partial charge in [-0.1, -0.05) is 17.7 Å². The van der Waals surface area contributed by atoms with Crippen molar-refractivity contribution in [2.24, 2.45) is 0 Å². The van der Waals surface area contributed by atoms with Crippen molar-refractivity contribution in [2.75, 3.05) is 10.6 Å². The first-order valence-corrected chi connectivity index (χ1v) is 9.72. The van der Waals surface area contributed by atoms with Crippen LogP contribution in [0.25, 0.3) is 22.4 Å². The molecule has 0 aliphatic rings. The number of carbonyl (C=O) groups excluding carboxylic acids is 2. The van der Waals surface area contributed by atoms with Crippen molar-refractivity contribution in [1.82, 2.24) is 9.97 Å². The fourth-order valence-corrected chi connectivity index (χ4v) is 3.46. The van der Waals surface area contributed by atoms with Gasteiger partial charge in [0.25, 0.3) is 5.91 Å². The summed E-state index contributed by atoms with van der Waals surface area (Å²) in [7, 11) is 0. The number of amides is 2. The molecule has 3 N–H and O–H groups in total. The van der Waals surface area contributed by atoms with E-state index in [4.69, 9.17) is 11.6 Å². The summed E-state index contributed by atoms with van der Waals surface area (Å²) < 4.78 is 0. The molecule has 6 nitrogen and oxygen atoms in total. The first-order chi connectivity index (χ1) is 14.4. The summed E-state index contributed by atoms with van der Waals surface area (Å²) in [6, 6.07) is 18.2. The molecular weight excluding hydrogens is 400 g/mol. The maximum absolute atomic E-state index is 12.5. The summed E-state index contributed by atoms with van der Waals surface area (Å²) in [5.74, 6) is 0.310. The zero-order chi connectivity index (χ0) is 21.3. The van der Waals surface area contributed by atoms with Crippen LogP contribution in [-0.4, -0.2) is 21.8 Å². The molecule has 0 fully saturated rings. The van der Waals surface area contributed by atoms with Crippen LogP contribution in [0.1, 0.15) is 22.8 Å². The third-order valence-corrected chi connectivity index (χ3v) is 4.90. The van der Waals surface area contributed by atoms with Crippen LogP contribution >= 0.6 is 11.6 Å². The molecule has 4 aromatic rings. The molecule has 0 saturated carbocycles. The predicted octanol–water partition coefficient (Wildman–Crippen LogP) is 5.40. The van der Waals surface area contributed by atoms with Crippen LogP contribution in [0.4, 0.5) is 11.4 Å². The number of fused-ring (bicyclic) bond motifs is 1. The number of rotatable bonds is 4. The highest BCUT2D eigenvalue weighted by molar-refractivity contribution is 6.34. The molecule has 0 aliphatic carbocycles.